The third-order valence-corrected chi connectivity index (χ3v) is 6.93. The molecule has 2 atom stereocenters. The van der Waals surface area contributed by atoms with Crippen molar-refractivity contribution in [3.63, 3.8) is 0 Å². The third kappa shape index (κ3) is 3.95. The van der Waals surface area contributed by atoms with Crippen LogP contribution in [0.15, 0.2) is 34.7 Å². The molecule has 3 aliphatic rings. The number of nitrogens with zero attached hydrogens (tertiary/aromatic N) is 3. The molecule has 0 unspecified atom stereocenters. The quantitative estimate of drug-likeness (QED) is 0.836. The van der Waals surface area contributed by atoms with Crippen molar-refractivity contribution >= 4 is 5.91 Å². The van der Waals surface area contributed by atoms with Gasteiger partial charge in [0.1, 0.15) is 0 Å². The molecule has 0 spiro atoms. The zero-order chi connectivity index (χ0) is 19.6. The minimum Gasteiger partial charge on any atom is -0.423 e. The molecule has 6 nitrogen and oxygen atoms in total. The third-order valence-electron chi connectivity index (χ3n) is 6.93. The van der Waals surface area contributed by atoms with E-state index in [1.807, 2.05) is 4.90 Å². The van der Waals surface area contributed by atoms with E-state index in [9.17, 15) is 4.79 Å². The Morgan fingerprint density at radius 3 is 2.59 bits per heavy atom. The summed E-state index contributed by atoms with van der Waals surface area (Å²) in [6, 6.07) is 10.7. The van der Waals surface area contributed by atoms with Crippen molar-refractivity contribution in [2.24, 2.45) is 5.92 Å². The Kier molecular flexibility index (Phi) is 5.36. The van der Waals surface area contributed by atoms with Gasteiger partial charge in [0.15, 0.2) is 0 Å². The number of hydrogen-bond acceptors (Lipinski definition) is 5. The number of amides is 1. The SMILES string of the molecule is O=C(CC1CCCC1)N1CC(c2nnc([C@H]3NCCC[C@H]3c3ccccc3)o2)C1. The fraction of sp³-hybridized carbons (Fsp3) is 0.609. The summed E-state index contributed by atoms with van der Waals surface area (Å²) in [5, 5.41) is 12.3. The van der Waals surface area contributed by atoms with Crippen LogP contribution in [-0.2, 0) is 4.79 Å². The second-order valence-electron chi connectivity index (χ2n) is 8.92. The monoisotopic (exact) mass is 394 g/mol. The Labute approximate surface area is 172 Å². The highest BCUT2D eigenvalue weighted by molar-refractivity contribution is 5.77. The van der Waals surface area contributed by atoms with Crippen molar-refractivity contribution in [3.8, 4) is 0 Å². The van der Waals surface area contributed by atoms with Crippen molar-refractivity contribution in [1.29, 1.82) is 0 Å². The van der Waals surface area contributed by atoms with E-state index in [4.69, 9.17) is 4.42 Å². The van der Waals surface area contributed by atoms with E-state index in [0.29, 0.717) is 49.0 Å². The highest BCUT2D eigenvalue weighted by atomic mass is 16.4. The Morgan fingerprint density at radius 1 is 1.03 bits per heavy atom. The van der Waals surface area contributed by atoms with Crippen LogP contribution in [0.5, 0.6) is 0 Å². The highest BCUT2D eigenvalue weighted by Crippen LogP contribution is 2.38. The smallest absolute Gasteiger partial charge is 0.234 e. The van der Waals surface area contributed by atoms with Crippen LogP contribution in [0, 0.1) is 5.92 Å². The fourth-order valence-corrected chi connectivity index (χ4v) is 5.17. The molecule has 1 N–H and O–H groups in total. The van der Waals surface area contributed by atoms with Gasteiger partial charge in [0.25, 0.3) is 0 Å². The van der Waals surface area contributed by atoms with E-state index >= 15 is 0 Å². The van der Waals surface area contributed by atoms with E-state index in [1.165, 1.54) is 31.2 Å². The molecule has 0 radical (unpaired) electrons. The van der Waals surface area contributed by atoms with Gasteiger partial charge in [0.05, 0.1) is 12.0 Å². The van der Waals surface area contributed by atoms with Crippen molar-refractivity contribution < 1.29 is 9.21 Å². The summed E-state index contributed by atoms with van der Waals surface area (Å²) in [7, 11) is 0. The molecule has 154 valence electrons. The molecule has 2 aromatic rings. The van der Waals surface area contributed by atoms with E-state index in [-0.39, 0.29) is 12.0 Å². The maximum absolute atomic E-state index is 12.5. The van der Waals surface area contributed by atoms with E-state index in [1.54, 1.807) is 0 Å². The van der Waals surface area contributed by atoms with Gasteiger partial charge in [0, 0.05) is 25.4 Å². The number of aromatic nitrogens is 2. The van der Waals surface area contributed by atoms with Gasteiger partial charge in [-0.05, 0) is 43.7 Å². The molecule has 1 aromatic heterocycles. The normalized spacial score (nSPS) is 25.9. The Bertz CT molecular complexity index is 824. The van der Waals surface area contributed by atoms with Crippen LogP contribution in [-0.4, -0.2) is 40.6 Å². The summed E-state index contributed by atoms with van der Waals surface area (Å²) in [6.07, 6.45) is 7.98. The highest BCUT2D eigenvalue weighted by Gasteiger charge is 2.38. The Hall–Kier alpha value is -2.21. The maximum atomic E-state index is 12.5. The summed E-state index contributed by atoms with van der Waals surface area (Å²) in [4.78, 5) is 14.4. The molecule has 1 amide bonds. The molecule has 3 heterocycles. The standard InChI is InChI=1S/C23H30N4O2/c28-20(13-16-7-4-5-8-16)27-14-18(15-27)22-25-26-23(29-22)21-19(11-6-12-24-21)17-9-2-1-3-10-17/h1-3,9-10,16,18-19,21,24H,4-8,11-15H2/t19-,21-/m0/s1. The lowest BCUT2D eigenvalue weighted by atomic mass is 9.85. The first-order valence-corrected chi connectivity index (χ1v) is 11.2. The van der Waals surface area contributed by atoms with Gasteiger partial charge in [-0.15, -0.1) is 10.2 Å². The maximum Gasteiger partial charge on any atom is 0.234 e. The molecule has 1 aliphatic carbocycles. The summed E-state index contributed by atoms with van der Waals surface area (Å²) in [5.74, 6) is 2.80. The lowest BCUT2D eigenvalue weighted by Crippen LogP contribution is -2.49. The molecule has 0 bridgehead atoms. The second-order valence-corrected chi connectivity index (χ2v) is 8.92. The molecule has 2 saturated heterocycles. The summed E-state index contributed by atoms with van der Waals surface area (Å²) in [5.41, 5.74) is 1.32. The molecule has 1 aromatic carbocycles. The first-order valence-electron chi connectivity index (χ1n) is 11.2. The number of rotatable bonds is 5. The average Bonchev–Trinajstić information content (AvgIpc) is 3.40. The van der Waals surface area contributed by atoms with E-state index in [0.717, 1.165) is 19.4 Å². The Balaban J connectivity index is 1.21. The zero-order valence-electron chi connectivity index (χ0n) is 16.9. The van der Waals surface area contributed by atoms with Crippen LogP contribution in [0.25, 0.3) is 0 Å². The Morgan fingerprint density at radius 2 is 1.79 bits per heavy atom. The molecular formula is C23H30N4O2. The number of piperidine rings is 1. The number of nitrogens with one attached hydrogen (secondary N) is 1. The number of benzene rings is 1. The van der Waals surface area contributed by atoms with Crippen LogP contribution in [0.3, 0.4) is 0 Å². The van der Waals surface area contributed by atoms with Gasteiger partial charge in [-0.25, -0.2) is 0 Å². The first kappa shape index (κ1) is 18.8. The largest absolute Gasteiger partial charge is 0.423 e. The minimum absolute atomic E-state index is 0.0626. The lowest BCUT2D eigenvalue weighted by Gasteiger charge is -2.37. The fourth-order valence-electron chi connectivity index (χ4n) is 5.17. The minimum atomic E-state index is 0.0626. The van der Waals surface area contributed by atoms with Gasteiger partial charge in [-0.2, -0.15) is 0 Å². The van der Waals surface area contributed by atoms with Crippen LogP contribution in [0.4, 0.5) is 0 Å². The number of carbonyl (C=O) groups excluding carboxylic acids is 1. The van der Waals surface area contributed by atoms with Gasteiger partial charge >= 0.3 is 0 Å². The van der Waals surface area contributed by atoms with Gasteiger partial charge in [-0.1, -0.05) is 43.2 Å². The van der Waals surface area contributed by atoms with Crippen LogP contribution in [0.1, 0.15) is 80.2 Å². The number of hydrogen-bond donors (Lipinski definition) is 1. The molecule has 1 saturated carbocycles. The predicted octanol–water partition coefficient (Wildman–Crippen LogP) is 3.78. The zero-order valence-corrected chi connectivity index (χ0v) is 16.9. The summed E-state index contributed by atoms with van der Waals surface area (Å²) in [6.45, 7) is 2.40. The van der Waals surface area contributed by atoms with Crippen LogP contribution in [0.2, 0.25) is 0 Å². The first-order chi connectivity index (χ1) is 14.3. The summed E-state index contributed by atoms with van der Waals surface area (Å²) >= 11 is 0. The molecule has 5 rings (SSSR count). The average molecular weight is 395 g/mol. The number of carbonyl (C=O) groups is 1. The van der Waals surface area contributed by atoms with Crippen LogP contribution >= 0.6 is 0 Å². The van der Waals surface area contributed by atoms with Gasteiger partial charge in [0.2, 0.25) is 17.7 Å². The predicted molar refractivity (Wildman–Crippen MR) is 109 cm³/mol. The van der Waals surface area contributed by atoms with Gasteiger partial charge in [-0.3, -0.25) is 4.79 Å². The second kappa shape index (κ2) is 8.27. The van der Waals surface area contributed by atoms with E-state index in [2.05, 4.69) is 45.8 Å². The van der Waals surface area contributed by atoms with Crippen molar-refractivity contribution in [3.05, 3.63) is 47.7 Å². The lowest BCUT2D eigenvalue weighted by molar-refractivity contribution is -0.136. The number of likely N-dealkylation sites (tertiary alicyclic amines) is 1. The molecule has 3 fully saturated rings. The van der Waals surface area contributed by atoms with Crippen molar-refractivity contribution in [1.82, 2.24) is 20.4 Å². The van der Waals surface area contributed by atoms with Crippen molar-refractivity contribution in [2.45, 2.75) is 62.8 Å². The van der Waals surface area contributed by atoms with Gasteiger partial charge < -0.3 is 14.6 Å². The molecule has 29 heavy (non-hydrogen) atoms. The molecule has 2 aliphatic heterocycles. The van der Waals surface area contributed by atoms with Crippen molar-refractivity contribution in [2.75, 3.05) is 19.6 Å². The van der Waals surface area contributed by atoms with E-state index < -0.39 is 0 Å². The molecule has 6 heteroatoms. The van der Waals surface area contributed by atoms with Crippen LogP contribution < -0.4 is 5.32 Å². The summed E-state index contributed by atoms with van der Waals surface area (Å²) < 4.78 is 6.12. The molecular weight excluding hydrogens is 364 g/mol. The topological polar surface area (TPSA) is 71.3 Å².